The molecular formula is C19H13F4N3O3. The highest BCUT2D eigenvalue weighted by Crippen LogP contribution is 2.41. The Morgan fingerprint density at radius 2 is 1.90 bits per heavy atom. The van der Waals surface area contributed by atoms with Crippen LogP contribution in [0, 0.1) is 17.1 Å². The molecule has 2 aromatic rings. The first-order chi connectivity index (χ1) is 13.7. The monoisotopic (exact) mass is 407 g/mol. The van der Waals surface area contributed by atoms with Crippen LogP contribution in [0.1, 0.15) is 17.5 Å². The highest BCUT2D eigenvalue weighted by Gasteiger charge is 2.63. The van der Waals surface area contributed by atoms with Crippen molar-refractivity contribution in [1.29, 1.82) is 5.26 Å². The van der Waals surface area contributed by atoms with Gasteiger partial charge in [0.05, 0.1) is 17.7 Å². The topological polar surface area (TPSA) is 85.9 Å². The molecule has 1 aliphatic rings. The molecule has 10 heteroatoms. The summed E-state index contributed by atoms with van der Waals surface area (Å²) in [5.74, 6) is -1.87. The number of hydrazone groups is 1. The van der Waals surface area contributed by atoms with Crippen molar-refractivity contribution in [3.63, 3.8) is 0 Å². The second-order valence-electron chi connectivity index (χ2n) is 6.15. The van der Waals surface area contributed by atoms with Gasteiger partial charge in [-0.2, -0.15) is 28.5 Å². The van der Waals surface area contributed by atoms with Crippen LogP contribution >= 0.6 is 0 Å². The summed E-state index contributed by atoms with van der Waals surface area (Å²) in [7, 11) is 0. The fourth-order valence-corrected chi connectivity index (χ4v) is 2.72. The van der Waals surface area contributed by atoms with Gasteiger partial charge in [0.2, 0.25) is 0 Å². The molecule has 1 aliphatic heterocycles. The quantitative estimate of drug-likeness (QED) is 0.790. The van der Waals surface area contributed by atoms with Crippen molar-refractivity contribution in [2.24, 2.45) is 5.10 Å². The van der Waals surface area contributed by atoms with E-state index in [0.29, 0.717) is 0 Å². The molecule has 2 aromatic carbocycles. The summed E-state index contributed by atoms with van der Waals surface area (Å²) in [5.41, 5.74) is -3.61. The van der Waals surface area contributed by atoms with E-state index >= 15 is 0 Å². The second kappa shape index (κ2) is 7.52. The molecule has 0 unspecified atom stereocenters. The van der Waals surface area contributed by atoms with E-state index in [-0.39, 0.29) is 27.6 Å². The highest BCUT2D eigenvalue weighted by molar-refractivity contribution is 6.03. The fourth-order valence-electron chi connectivity index (χ4n) is 2.72. The van der Waals surface area contributed by atoms with Gasteiger partial charge in [0.15, 0.2) is 6.61 Å². The molecular weight excluding hydrogens is 394 g/mol. The van der Waals surface area contributed by atoms with Crippen molar-refractivity contribution in [3.05, 3.63) is 65.5 Å². The number of hydrogen-bond donors (Lipinski definition) is 1. The minimum Gasteiger partial charge on any atom is -0.482 e. The maximum atomic E-state index is 13.5. The normalized spacial score (nSPS) is 18.9. The minimum atomic E-state index is -5.21. The number of para-hydroxylation sites is 1. The van der Waals surface area contributed by atoms with Gasteiger partial charge in [0, 0.05) is 0 Å². The minimum absolute atomic E-state index is 0.000771. The summed E-state index contributed by atoms with van der Waals surface area (Å²) in [5, 5.41) is 22.8. The third-order valence-electron chi connectivity index (χ3n) is 4.21. The number of carbonyl (C=O) groups is 1. The van der Waals surface area contributed by atoms with Crippen LogP contribution < -0.4 is 4.74 Å². The molecule has 0 aliphatic carbocycles. The Morgan fingerprint density at radius 3 is 2.52 bits per heavy atom. The number of carbonyl (C=O) groups excluding carboxylic acids is 1. The first-order valence-corrected chi connectivity index (χ1v) is 8.23. The molecule has 0 aromatic heterocycles. The Balaban J connectivity index is 1.87. The number of nitriles is 1. The third-order valence-corrected chi connectivity index (χ3v) is 4.21. The lowest BCUT2D eigenvalue weighted by Crippen LogP contribution is -2.57. The Morgan fingerprint density at radius 1 is 1.24 bits per heavy atom. The van der Waals surface area contributed by atoms with Crippen molar-refractivity contribution >= 4 is 11.6 Å². The number of halogens is 4. The molecule has 6 nitrogen and oxygen atoms in total. The van der Waals surface area contributed by atoms with Gasteiger partial charge in [-0.3, -0.25) is 4.79 Å². The maximum Gasteiger partial charge on any atom is 0.438 e. The summed E-state index contributed by atoms with van der Waals surface area (Å²) in [6.45, 7) is -0.892. The average molecular weight is 407 g/mol. The Labute approximate surface area is 162 Å². The lowest BCUT2D eigenvalue weighted by molar-refractivity contribution is -0.302. The number of ether oxygens (including phenoxy) is 1. The summed E-state index contributed by atoms with van der Waals surface area (Å²) in [6, 6.07) is 12.1. The number of hydrogen-bond acceptors (Lipinski definition) is 5. The molecule has 0 radical (unpaired) electrons. The number of nitrogens with zero attached hydrogens (tertiary/aromatic N) is 3. The molecule has 1 heterocycles. The van der Waals surface area contributed by atoms with Gasteiger partial charge in [-0.15, -0.1) is 0 Å². The third kappa shape index (κ3) is 3.90. The molecule has 0 bridgehead atoms. The number of rotatable bonds is 4. The zero-order valence-electron chi connectivity index (χ0n) is 14.7. The summed E-state index contributed by atoms with van der Waals surface area (Å²) < 4.78 is 58.8. The van der Waals surface area contributed by atoms with Gasteiger partial charge in [-0.05, 0) is 29.8 Å². The van der Waals surface area contributed by atoms with Gasteiger partial charge in [-0.25, -0.2) is 4.39 Å². The van der Waals surface area contributed by atoms with E-state index in [1.165, 1.54) is 30.3 Å². The largest absolute Gasteiger partial charge is 0.482 e. The Bertz CT molecular complexity index is 999. The van der Waals surface area contributed by atoms with Gasteiger partial charge in [0.1, 0.15) is 17.6 Å². The van der Waals surface area contributed by atoms with E-state index < -0.39 is 36.7 Å². The van der Waals surface area contributed by atoms with Crippen molar-refractivity contribution in [2.45, 2.75) is 18.3 Å². The summed E-state index contributed by atoms with van der Waals surface area (Å²) >= 11 is 0. The van der Waals surface area contributed by atoms with E-state index in [1.54, 1.807) is 6.07 Å². The maximum absolute atomic E-state index is 13.5. The summed E-state index contributed by atoms with van der Waals surface area (Å²) in [6.07, 6.45) is -6.23. The van der Waals surface area contributed by atoms with Gasteiger partial charge in [-0.1, -0.05) is 24.3 Å². The van der Waals surface area contributed by atoms with Crippen LogP contribution in [0.4, 0.5) is 17.6 Å². The first-order valence-electron chi connectivity index (χ1n) is 8.23. The second-order valence-corrected chi connectivity index (χ2v) is 6.15. The van der Waals surface area contributed by atoms with Crippen LogP contribution in [-0.2, 0) is 4.79 Å². The smallest absolute Gasteiger partial charge is 0.438 e. The van der Waals surface area contributed by atoms with Gasteiger partial charge < -0.3 is 9.84 Å². The number of benzene rings is 2. The summed E-state index contributed by atoms with van der Waals surface area (Å²) in [4.78, 5) is 12.4. The molecule has 1 atom stereocenters. The molecule has 0 spiro atoms. The van der Waals surface area contributed by atoms with E-state index in [9.17, 15) is 27.5 Å². The Hall–Kier alpha value is -3.45. The van der Waals surface area contributed by atoms with Crippen LogP contribution in [0.2, 0.25) is 0 Å². The predicted octanol–water partition coefficient (Wildman–Crippen LogP) is 2.96. The van der Waals surface area contributed by atoms with Crippen LogP contribution in [-0.4, -0.2) is 40.2 Å². The van der Waals surface area contributed by atoms with Crippen LogP contribution in [0.5, 0.6) is 5.75 Å². The zero-order chi connectivity index (χ0) is 21.2. The van der Waals surface area contributed by atoms with Crippen molar-refractivity contribution in [3.8, 4) is 11.8 Å². The van der Waals surface area contributed by atoms with E-state index in [0.717, 1.165) is 12.1 Å². The molecule has 3 rings (SSSR count). The molecule has 29 heavy (non-hydrogen) atoms. The number of alkyl halides is 3. The predicted molar refractivity (Wildman–Crippen MR) is 92.1 cm³/mol. The number of amides is 1. The Kier molecular flexibility index (Phi) is 5.26. The standard InChI is InChI=1S/C19H13F4N3O3/c20-14-7-5-12(6-8-14)15-9-18(28,19(21,22)23)26(25-15)17(27)11-29-16-4-2-1-3-13(16)10-24/h1-8,28H,9,11H2/t18-/m1/s1. The lowest BCUT2D eigenvalue weighted by atomic mass is 10.0. The van der Waals surface area contributed by atoms with Crippen LogP contribution in [0.3, 0.4) is 0 Å². The van der Waals surface area contributed by atoms with Gasteiger partial charge >= 0.3 is 6.18 Å². The molecule has 0 fully saturated rings. The first kappa shape index (κ1) is 20.3. The molecule has 0 saturated carbocycles. The van der Waals surface area contributed by atoms with Crippen LogP contribution in [0.15, 0.2) is 53.6 Å². The van der Waals surface area contributed by atoms with E-state index in [4.69, 9.17) is 10.00 Å². The van der Waals surface area contributed by atoms with E-state index in [2.05, 4.69) is 5.10 Å². The van der Waals surface area contributed by atoms with E-state index in [1.807, 2.05) is 6.07 Å². The molecule has 0 saturated heterocycles. The molecule has 1 N–H and O–H groups in total. The molecule has 150 valence electrons. The van der Waals surface area contributed by atoms with Gasteiger partial charge in [0.25, 0.3) is 11.6 Å². The lowest BCUT2D eigenvalue weighted by Gasteiger charge is -2.32. The average Bonchev–Trinajstić information content (AvgIpc) is 3.06. The molecule has 1 amide bonds. The highest BCUT2D eigenvalue weighted by atomic mass is 19.4. The SMILES string of the molecule is N#Cc1ccccc1OCC(=O)N1N=C(c2ccc(F)cc2)C[C@@]1(O)C(F)(F)F. The van der Waals surface area contributed by atoms with Crippen molar-refractivity contribution in [1.82, 2.24) is 5.01 Å². The number of aliphatic hydroxyl groups is 1. The zero-order valence-corrected chi connectivity index (χ0v) is 14.7. The van der Waals surface area contributed by atoms with Crippen molar-refractivity contribution < 1.29 is 32.2 Å². The van der Waals surface area contributed by atoms with Crippen LogP contribution in [0.25, 0.3) is 0 Å². The van der Waals surface area contributed by atoms with Crippen molar-refractivity contribution in [2.75, 3.05) is 6.61 Å². The fraction of sp³-hybridized carbons (Fsp3) is 0.211.